The number of likely N-dealkylation sites (N-methyl/N-ethyl adjacent to an activating group) is 1. The highest BCUT2D eigenvalue weighted by Gasteiger charge is 2.41. The van der Waals surface area contributed by atoms with Gasteiger partial charge >= 0.3 is 5.97 Å². The van der Waals surface area contributed by atoms with Crippen molar-refractivity contribution in [1.82, 2.24) is 9.88 Å². The molecule has 2 heterocycles. The number of anilines is 1. The van der Waals surface area contributed by atoms with Crippen molar-refractivity contribution in [3.8, 4) is 5.75 Å². The minimum Gasteiger partial charge on any atom is -0.496 e. The number of hydrogen-bond acceptors (Lipinski definition) is 6. The number of aromatic nitrogens is 1. The van der Waals surface area contributed by atoms with Crippen LogP contribution in [0.1, 0.15) is 85.7 Å². The van der Waals surface area contributed by atoms with E-state index in [9.17, 15) is 9.90 Å². The number of nitrogens with zero attached hydrogens (tertiary/aromatic N) is 2. The molecule has 1 aliphatic heterocycles. The maximum atomic E-state index is 12.4. The lowest BCUT2D eigenvalue weighted by Crippen LogP contribution is -2.49. The van der Waals surface area contributed by atoms with Crippen LogP contribution in [0.25, 0.3) is 0 Å². The second kappa shape index (κ2) is 11.8. The molecule has 200 valence electrons. The molecule has 5 rings (SSSR count). The van der Waals surface area contributed by atoms with Crippen LogP contribution in [0.5, 0.6) is 5.75 Å². The fourth-order valence-electron chi connectivity index (χ4n) is 5.87. The average Bonchev–Trinajstić information content (AvgIpc) is 3.72. The number of fused-ring (bicyclic) bond motifs is 1. The minimum atomic E-state index is -0.800. The SMILES string of the molecule is COc1cccc([C@H](C(=O)O)N(C)C2CC(OCCCCCc3ccc4c(n3)NCCC4)C2)c1C1CC1. The zero-order valence-corrected chi connectivity index (χ0v) is 22.2. The van der Waals surface area contributed by atoms with Crippen molar-refractivity contribution in [1.29, 1.82) is 0 Å². The fourth-order valence-corrected chi connectivity index (χ4v) is 5.87. The smallest absolute Gasteiger partial charge is 0.325 e. The molecule has 7 heteroatoms. The second-order valence-electron chi connectivity index (χ2n) is 10.9. The third-order valence-corrected chi connectivity index (χ3v) is 8.27. The molecular formula is C30H41N3O4. The molecule has 3 aliphatic rings. The summed E-state index contributed by atoms with van der Waals surface area (Å²) in [5, 5.41) is 13.6. The van der Waals surface area contributed by atoms with Crippen LogP contribution in [0.4, 0.5) is 5.82 Å². The summed E-state index contributed by atoms with van der Waals surface area (Å²) in [7, 11) is 3.61. The van der Waals surface area contributed by atoms with Gasteiger partial charge < -0.3 is 19.9 Å². The molecule has 0 unspecified atom stereocenters. The van der Waals surface area contributed by atoms with Gasteiger partial charge in [0.05, 0.1) is 13.2 Å². The van der Waals surface area contributed by atoms with Crippen LogP contribution >= 0.6 is 0 Å². The number of carboxylic acid groups (broad SMARTS) is 1. The van der Waals surface area contributed by atoms with Crippen LogP contribution in [0.15, 0.2) is 30.3 Å². The number of nitrogens with one attached hydrogen (secondary N) is 1. The fraction of sp³-hybridized carbons (Fsp3) is 0.600. The summed E-state index contributed by atoms with van der Waals surface area (Å²) in [6.07, 6.45) is 10.8. The Balaban J connectivity index is 1.04. The summed E-state index contributed by atoms with van der Waals surface area (Å²) in [4.78, 5) is 19.2. The molecule has 0 amide bonds. The van der Waals surface area contributed by atoms with E-state index in [0.717, 1.165) is 93.6 Å². The summed E-state index contributed by atoms with van der Waals surface area (Å²) in [6, 6.07) is 9.79. The normalized spacial score (nSPS) is 21.6. The Labute approximate surface area is 220 Å². The summed E-state index contributed by atoms with van der Waals surface area (Å²) in [6.45, 7) is 1.79. The highest BCUT2D eigenvalue weighted by Crippen LogP contribution is 2.48. The average molecular weight is 508 g/mol. The quantitative estimate of drug-likeness (QED) is 0.354. The van der Waals surface area contributed by atoms with Crippen molar-refractivity contribution >= 4 is 11.8 Å². The number of methoxy groups -OCH3 is 1. The number of aliphatic carboxylic acids is 1. The van der Waals surface area contributed by atoms with E-state index in [2.05, 4.69) is 17.4 Å². The Hall–Kier alpha value is -2.64. The van der Waals surface area contributed by atoms with E-state index >= 15 is 0 Å². The molecule has 1 atom stereocenters. The lowest BCUT2D eigenvalue weighted by molar-refractivity contribution is -0.146. The number of aryl methyl sites for hydroxylation is 2. The van der Waals surface area contributed by atoms with Gasteiger partial charge in [-0.15, -0.1) is 0 Å². The van der Waals surface area contributed by atoms with Gasteiger partial charge in [-0.1, -0.05) is 24.6 Å². The summed E-state index contributed by atoms with van der Waals surface area (Å²) in [5.41, 5.74) is 4.48. The Morgan fingerprint density at radius 3 is 2.78 bits per heavy atom. The zero-order valence-electron chi connectivity index (χ0n) is 22.2. The summed E-state index contributed by atoms with van der Waals surface area (Å²) < 4.78 is 11.7. The highest BCUT2D eigenvalue weighted by molar-refractivity contribution is 5.77. The van der Waals surface area contributed by atoms with Crippen LogP contribution in [0.3, 0.4) is 0 Å². The predicted molar refractivity (Wildman–Crippen MR) is 144 cm³/mol. The van der Waals surface area contributed by atoms with Crippen molar-refractivity contribution < 1.29 is 19.4 Å². The first-order valence-corrected chi connectivity index (χ1v) is 14.0. The number of pyridine rings is 1. The van der Waals surface area contributed by atoms with Gasteiger partial charge in [-0.25, -0.2) is 4.98 Å². The van der Waals surface area contributed by atoms with Crippen LogP contribution in [-0.4, -0.2) is 60.4 Å². The number of hydrogen-bond donors (Lipinski definition) is 2. The number of rotatable bonds is 13. The van der Waals surface area contributed by atoms with Gasteiger partial charge in [0.2, 0.25) is 0 Å². The van der Waals surface area contributed by atoms with Gasteiger partial charge in [0.1, 0.15) is 17.6 Å². The molecule has 0 radical (unpaired) electrons. The Kier molecular flexibility index (Phi) is 8.30. The van der Waals surface area contributed by atoms with Crippen molar-refractivity contribution in [3.63, 3.8) is 0 Å². The Bertz CT molecular complexity index is 1080. The molecule has 2 saturated carbocycles. The number of carboxylic acids is 1. The lowest BCUT2D eigenvalue weighted by Gasteiger charge is -2.43. The molecule has 0 bridgehead atoms. The topological polar surface area (TPSA) is 83.9 Å². The molecule has 37 heavy (non-hydrogen) atoms. The zero-order chi connectivity index (χ0) is 25.8. The maximum Gasteiger partial charge on any atom is 0.325 e. The maximum absolute atomic E-state index is 12.4. The predicted octanol–water partition coefficient (Wildman–Crippen LogP) is 5.34. The third-order valence-electron chi connectivity index (χ3n) is 8.27. The first-order valence-electron chi connectivity index (χ1n) is 14.0. The monoisotopic (exact) mass is 507 g/mol. The third kappa shape index (κ3) is 6.10. The van der Waals surface area contributed by atoms with Crippen molar-refractivity contribution in [2.45, 2.75) is 88.3 Å². The van der Waals surface area contributed by atoms with Gasteiger partial charge in [0.25, 0.3) is 0 Å². The van der Waals surface area contributed by atoms with Gasteiger partial charge in [0, 0.05) is 30.5 Å². The van der Waals surface area contributed by atoms with Gasteiger partial charge in [-0.3, -0.25) is 9.69 Å². The van der Waals surface area contributed by atoms with E-state index in [-0.39, 0.29) is 12.1 Å². The van der Waals surface area contributed by atoms with Crippen LogP contribution in [0.2, 0.25) is 0 Å². The van der Waals surface area contributed by atoms with E-state index in [1.807, 2.05) is 30.1 Å². The van der Waals surface area contributed by atoms with E-state index in [4.69, 9.17) is 14.5 Å². The number of unbranched alkanes of at least 4 members (excludes halogenated alkanes) is 2. The molecule has 2 N–H and O–H groups in total. The van der Waals surface area contributed by atoms with E-state index in [0.29, 0.717) is 5.92 Å². The van der Waals surface area contributed by atoms with Crippen molar-refractivity contribution in [2.24, 2.45) is 0 Å². The second-order valence-corrected chi connectivity index (χ2v) is 10.9. The minimum absolute atomic E-state index is 0.216. The summed E-state index contributed by atoms with van der Waals surface area (Å²) in [5.74, 6) is 1.51. The Morgan fingerprint density at radius 2 is 2.03 bits per heavy atom. The lowest BCUT2D eigenvalue weighted by atomic mass is 9.85. The van der Waals surface area contributed by atoms with E-state index < -0.39 is 12.0 Å². The van der Waals surface area contributed by atoms with Crippen LogP contribution in [0, 0.1) is 0 Å². The molecule has 2 aliphatic carbocycles. The molecule has 7 nitrogen and oxygen atoms in total. The molecule has 0 saturated heterocycles. The molecule has 0 spiro atoms. The van der Waals surface area contributed by atoms with Crippen LogP contribution < -0.4 is 10.1 Å². The van der Waals surface area contributed by atoms with Crippen LogP contribution in [-0.2, 0) is 22.4 Å². The van der Waals surface area contributed by atoms with E-state index in [1.165, 1.54) is 17.7 Å². The van der Waals surface area contributed by atoms with Gasteiger partial charge in [-0.05, 0) is 94.0 Å². The molecule has 2 fully saturated rings. The number of carbonyl (C=O) groups is 1. The van der Waals surface area contributed by atoms with Gasteiger partial charge in [0.15, 0.2) is 0 Å². The molecular weight excluding hydrogens is 466 g/mol. The van der Waals surface area contributed by atoms with Crippen molar-refractivity contribution in [3.05, 3.63) is 52.7 Å². The highest BCUT2D eigenvalue weighted by atomic mass is 16.5. The first kappa shape index (κ1) is 26.0. The molecule has 1 aromatic carbocycles. The van der Waals surface area contributed by atoms with Crippen molar-refractivity contribution in [2.75, 3.05) is 32.6 Å². The standard InChI is InChI=1S/C30H41N3O4/c1-33(28(30(34)35)25-10-6-11-26(36-2)27(25)20-12-13-20)23-18-24(19-23)37-17-5-3-4-9-22-15-14-21-8-7-16-31-29(21)32-22/h6,10-11,14-15,20,23-24,28H,3-5,7-9,12-13,16-19H2,1-2H3,(H,31,32)(H,34,35)/t23?,24?,28-/m1/s1. The summed E-state index contributed by atoms with van der Waals surface area (Å²) >= 11 is 0. The molecule has 1 aromatic heterocycles. The number of benzene rings is 1. The van der Waals surface area contributed by atoms with E-state index in [1.54, 1.807) is 7.11 Å². The number of ether oxygens (including phenoxy) is 2. The Morgan fingerprint density at radius 1 is 1.19 bits per heavy atom. The largest absolute Gasteiger partial charge is 0.496 e. The van der Waals surface area contributed by atoms with Gasteiger partial charge in [-0.2, -0.15) is 0 Å². The first-order chi connectivity index (χ1) is 18.0. The molecule has 2 aromatic rings.